The minimum absolute atomic E-state index is 0.385. The van der Waals surface area contributed by atoms with Gasteiger partial charge in [-0.2, -0.15) is 0 Å². The maximum absolute atomic E-state index is 10.8. The highest BCUT2D eigenvalue weighted by Gasteiger charge is 2.44. The normalized spacial score (nSPS) is 39.6. The molecule has 0 saturated carbocycles. The first kappa shape index (κ1) is 13.5. The monoisotopic (exact) mass is 234 g/mol. The molecule has 94 valence electrons. The smallest absolute Gasteiger partial charge is 0.170 e. The highest BCUT2D eigenvalue weighted by Crippen LogP contribution is 2.25. The van der Waals surface area contributed by atoms with Crippen molar-refractivity contribution in [2.45, 2.75) is 37.9 Å². The molecule has 1 rings (SSSR count). The van der Waals surface area contributed by atoms with Crippen molar-refractivity contribution in [3.05, 3.63) is 0 Å². The third-order valence-electron chi connectivity index (χ3n) is 2.57. The summed E-state index contributed by atoms with van der Waals surface area (Å²) in [5, 5.41) is 28.1. The van der Waals surface area contributed by atoms with Gasteiger partial charge in [-0.3, -0.25) is 0 Å². The fourth-order valence-electron chi connectivity index (χ4n) is 1.63. The molecule has 0 bridgehead atoms. The summed E-state index contributed by atoms with van der Waals surface area (Å²) in [4.78, 5) is 10.8. The van der Waals surface area contributed by atoms with E-state index in [1.807, 2.05) is 6.92 Å². The minimum Gasteiger partial charge on any atom is -0.394 e. The van der Waals surface area contributed by atoms with Crippen LogP contribution < -0.4 is 0 Å². The van der Waals surface area contributed by atoms with E-state index < -0.39 is 37.1 Å². The predicted octanol–water partition coefficient (Wildman–Crippen LogP) is -1.33. The molecule has 0 aliphatic carbocycles. The van der Waals surface area contributed by atoms with Gasteiger partial charge in [0.2, 0.25) is 0 Å². The first-order chi connectivity index (χ1) is 7.65. The third-order valence-corrected chi connectivity index (χ3v) is 2.57. The molecule has 0 aromatic rings. The number of carbonyl (C=O) groups excluding carboxylic acids is 1. The van der Waals surface area contributed by atoms with Crippen LogP contribution in [0.3, 0.4) is 0 Å². The summed E-state index contributed by atoms with van der Waals surface area (Å²) in [6.07, 6.45) is -3.14. The van der Waals surface area contributed by atoms with Gasteiger partial charge in [0.15, 0.2) is 6.29 Å². The molecule has 0 radical (unpaired) electrons. The Morgan fingerprint density at radius 1 is 1.38 bits per heavy atom. The summed E-state index contributed by atoms with van der Waals surface area (Å²) in [6.45, 7) is 1.85. The van der Waals surface area contributed by atoms with E-state index in [9.17, 15) is 15.0 Å². The van der Waals surface area contributed by atoms with Crippen LogP contribution in [-0.2, 0) is 14.3 Å². The predicted molar refractivity (Wildman–Crippen MR) is 53.6 cm³/mol. The standard InChI is InChI=1S/C10H18O6/c1-2-3-15-10-6(4-11)8(13)9(14)7(5-12)16-10/h4,6-10,12-14H,2-3,5H2,1H3/t6-,7-,8-,9-,10-/m0/s1. The molecule has 3 N–H and O–H groups in total. The number of aliphatic hydroxyl groups is 3. The highest BCUT2D eigenvalue weighted by molar-refractivity contribution is 5.55. The van der Waals surface area contributed by atoms with E-state index >= 15 is 0 Å². The molecule has 0 unspecified atom stereocenters. The summed E-state index contributed by atoms with van der Waals surface area (Å²) in [5.41, 5.74) is 0. The molecule has 1 saturated heterocycles. The summed E-state index contributed by atoms with van der Waals surface area (Å²) >= 11 is 0. The molecule has 1 fully saturated rings. The number of hydrogen-bond acceptors (Lipinski definition) is 6. The second-order valence-electron chi connectivity index (χ2n) is 3.79. The molecule has 1 heterocycles. The van der Waals surface area contributed by atoms with Crippen LogP contribution in [0.5, 0.6) is 0 Å². The molecule has 1 aliphatic rings. The molecule has 0 spiro atoms. The van der Waals surface area contributed by atoms with E-state index in [0.717, 1.165) is 6.42 Å². The Hall–Kier alpha value is -0.530. The fourth-order valence-corrected chi connectivity index (χ4v) is 1.63. The molecule has 0 aromatic carbocycles. The maximum atomic E-state index is 10.8. The number of carbonyl (C=O) groups is 1. The van der Waals surface area contributed by atoms with Gasteiger partial charge in [0.25, 0.3) is 0 Å². The van der Waals surface area contributed by atoms with Gasteiger partial charge in [-0.25, -0.2) is 0 Å². The van der Waals surface area contributed by atoms with Crippen molar-refractivity contribution in [2.75, 3.05) is 13.2 Å². The Labute approximate surface area is 93.8 Å². The van der Waals surface area contributed by atoms with Crippen molar-refractivity contribution in [1.82, 2.24) is 0 Å². The second kappa shape index (κ2) is 6.27. The van der Waals surface area contributed by atoms with Gasteiger partial charge in [-0.1, -0.05) is 6.92 Å². The molecule has 0 aromatic heterocycles. The van der Waals surface area contributed by atoms with Crippen LogP contribution in [0.1, 0.15) is 13.3 Å². The van der Waals surface area contributed by atoms with Gasteiger partial charge in [0.1, 0.15) is 18.5 Å². The first-order valence-corrected chi connectivity index (χ1v) is 5.35. The van der Waals surface area contributed by atoms with E-state index in [1.54, 1.807) is 0 Å². The van der Waals surface area contributed by atoms with Crippen molar-refractivity contribution in [2.24, 2.45) is 5.92 Å². The number of rotatable bonds is 5. The van der Waals surface area contributed by atoms with Crippen molar-refractivity contribution in [3.63, 3.8) is 0 Å². The molecular weight excluding hydrogens is 216 g/mol. The molecule has 6 heteroatoms. The van der Waals surface area contributed by atoms with Gasteiger partial charge < -0.3 is 29.6 Å². The lowest BCUT2D eigenvalue weighted by atomic mass is 9.92. The number of aliphatic hydroxyl groups excluding tert-OH is 3. The SMILES string of the molecule is CCCO[C@H]1O[C@@H](CO)[C@H](O)[C@@H](O)[C@@H]1C=O. The molecule has 6 nitrogen and oxygen atoms in total. The van der Waals surface area contributed by atoms with Crippen molar-refractivity contribution >= 4 is 6.29 Å². The molecule has 1 aliphatic heterocycles. The quantitative estimate of drug-likeness (QED) is 0.510. The van der Waals surface area contributed by atoms with Crippen LogP contribution in [0.4, 0.5) is 0 Å². The van der Waals surface area contributed by atoms with Crippen LogP contribution in [0.2, 0.25) is 0 Å². The Morgan fingerprint density at radius 3 is 2.56 bits per heavy atom. The lowest BCUT2D eigenvalue weighted by Crippen LogP contribution is -2.56. The molecule has 16 heavy (non-hydrogen) atoms. The summed E-state index contributed by atoms with van der Waals surface area (Å²) in [6, 6.07) is 0. The lowest BCUT2D eigenvalue weighted by Gasteiger charge is -2.39. The Kier molecular flexibility index (Phi) is 5.30. The zero-order valence-corrected chi connectivity index (χ0v) is 9.15. The molecular formula is C10H18O6. The Bertz CT molecular complexity index is 221. The minimum atomic E-state index is -1.28. The summed E-state index contributed by atoms with van der Waals surface area (Å²) in [5.74, 6) is -0.927. The first-order valence-electron chi connectivity index (χ1n) is 5.35. The second-order valence-corrected chi connectivity index (χ2v) is 3.79. The zero-order valence-electron chi connectivity index (χ0n) is 9.15. The van der Waals surface area contributed by atoms with Crippen LogP contribution in [-0.4, -0.2) is 59.4 Å². The van der Waals surface area contributed by atoms with E-state index in [4.69, 9.17) is 14.6 Å². The number of aldehydes is 1. The summed E-state index contributed by atoms with van der Waals surface area (Å²) < 4.78 is 10.5. The van der Waals surface area contributed by atoms with Gasteiger partial charge in [-0.05, 0) is 6.42 Å². The molecule has 5 atom stereocenters. The number of hydrogen-bond donors (Lipinski definition) is 3. The van der Waals surface area contributed by atoms with E-state index in [1.165, 1.54) is 0 Å². The molecule has 0 amide bonds. The maximum Gasteiger partial charge on any atom is 0.170 e. The number of ether oxygens (including phenoxy) is 2. The van der Waals surface area contributed by atoms with Gasteiger partial charge in [0.05, 0.1) is 18.6 Å². The van der Waals surface area contributed by atoms with E-state index in [-0.39, 0.29) is 0 Å². The largest absolute Gasteiger partial charge is 0.394 e. The fraction of sp³-hybridized carbons (Fsp3) is 0.900. The van der Waals surface area contributed by atoms with Crippen molar-refractivity contribution < 1.29 is 29.6 Å². The van der Waals surface area contributed by atoms with Crippen LogP contribution in [0.25, 0.3) is 0 Å². The van der Waals surface area contributed by atoms with Crippen LogP contribution in [0.15, 0.2) is 0 Å². The van der Waals surface area contributed by atoms with Crippen molar-refractivity contribution in [1.29, 1.82) is 0 Å². The highest BCUT2D eigenvalue weighted by atomic mass is 16.7. The van der Waals surface area contributed by atoms with Crippen LogP contribution in [0, 0.1) is 5.92 Å². The van der Waals surface area contributed by atoms with Crippen molar-refractivity contribution in [3.8, 4) is 0 Å². The van der Waals surface area contributed by atoms with Crippen LogP contribution >= 0.6 is 0 Å². The average Bonchev–Trinajstić information content (AvgIpc) is 2.30. The van der Waals surface area contributed by atoms with Gasteiger partial charge >= 0.3 is 0 Å². The summed E-state index contributed by atoms with van der Waals surface area (Å²) in [7, 11) is 0. The Morgan fingerprint density at radius 2 is 2.06 bits per heavy atom. The average molecular weight is 234 g/mol. The Balaban J connectivity index is 2.69. The van der Waals surface area contributed by atoms with E-state index in [2.05, 4.69) is 0 Å². The lowest BCUT2D eigenvalue weighted by molar-refractivity contribution is -0.277. The third kappa shape index (κ3) is 2.78. The topological polar surface area (TPSA) is 96.2 Å². The zero-order chi connectivity index (χ0) is 12.1. The van der Waals surface area contributed by atoms with E-state index in [0.29, 0.717) is 12.9 Å². The van der Waals surface area contributed by atoms with Gasteiger partial charge in [0, 0.05) is 6.61 Å². The van der Waals surface area contributed by atoms with Gasteiger partial charge in [-0.15, -0.1) is 0 Å².